The molecule has 1 aliphatic heterocycles. The average Bonchev–Trinajstić information content (AvgIpc) is 3.38. The minimum Gasteiger partial charge on any atom is -0.322 e. The molecular weight excluding hydrogens is 388 g/mol. The zero-order chi connectivity index (χ0) is 20.3. The van der Waals surface area contributed by atoms with Crippen LogP contribution in [0.1, 0.15) is 22.3 Å². The molecule has 1 N–H and O–H groups in total. The second-order valence-corrected chi connectivity index (χ2v) is 8.41. The number of aryl methyl sites for hydroxylation is 1. The second kappa shape index (κ2) is 6.56. The van der Waals surface area contributed by atoms with E-state index in [-0.39, 0.29) is 41.4 Å². The first-order valence-corrected chi connectivity index (χ1v) is 10.1. The van der Waals surface area contributed by atoms with Gasteiger partial charge in [0, 0.05) is 16.3 Å². The minimum absolute atomic E-state index is 0.153. The highest BCUT2D eigenvalue weighted by Crippen LogP contribution is 2.53. The van der Waals surface area contributed by atoms with Crippen LogP contribution in [-0.4, -0.2) is 17.7 Å². The van der Waals surface area contributed by atoms with Crippen molar-refractivity contribution in [1.82, 2.24) is 0 Å². The molecule has 2 fully saturated rings. The topological polar surface area (TPSA) is 66.5 Å². The fourth-order valence-electron chi connectivity index (χ4n) is 4.87. The summed E-state index contributed by atoms with van der Waals surface area (Å²) in [5.74, 6) is -0.834. The molecule has 2 bridgehead atoms. The first-order valence-electron chi connectivity index (χ1n) is 9.68. The highest BCUT2D eigenvalue weighted by molar-refractivity contribution is 6.31. The number of halogens is 1. The van der Waals surface area contributed by atoms with Gasteiger partial charge < -0.3 is 5.32 Å². The van der Waals surface area contributed by atoms with Crippen LogP contribution in [-0.2, 0) is 9.59 Å². The largest absolute Gasteiger partial charge is 0.322 e. The Morgan fingerprint density at radius 2 is 1.72 bits per heavy atom. The number of rotatable bonds is 3. The molecule has 3 aliphatic rings. The Balaban J connectivity index is 1.42. The van der Waals surface area contributed by atoms with Crippen LogP contribution < -0.4 is 10.2 Å². The average molecular weight is 407 g/mol. The molecule has 146 valence electrons. The van der Waals surface area contributed by atoms with Gasteiger partial charge in [-0.1, -0.05) is 35.9 Å². The van der Waals surface area contributed by atoms with Crippen molar-refractivity contribution in [3.05, 3.63) is 70.8 Å². The quantitative estimate of drug-likeness (QED) is 0.613. The van der Waals surface area contributed by atoms with Gasteiger partial charge in [-0.3, -0.25) is 14.4 Å². The lowest BCUT2D eigenvalue weighted by atomic mass is 9.85. The summed E-state index contributed by atoms with van der Waals surface area (Å²) in [6.07, 6.45) is 5.03. The molecule has 29 heavy (non-hydrogen) atoms. The monoisotopic (exact) mass is 406 g/mol. The minimum atomic E-state index is -0.321. The molecule has 1 saturated heterocycles. The summed E-state index contributed by atoms with van der Waals surface area (Å²) in [6.45, 7) is 1.88. The number of carbonyl (C=O) groups excluding carboxylic acids is 3. The molecule has 2 aromatic carbocycles. The Kier molecular flexibility index (Phi) is 4.10. The number of amides is 3. The number of benzene rings is 2. The normalized spacial score (nSPS) is 26.9. The standard InChI is InChI=1S/C23H19ClN2O3/c1-12-5-8-16(24)11-18(12)25-21(27)15-3-2-4-17(10-15)26-22(28)19-13-6-7-14(9-13)20(19)23(26)29/h2-8,10-11,13-14,19-20H,9H2,1H3,(H,25,27)/t13-,14-,19-,20+/m0/s1. The van der Waals surface area contributed by atoms with Crippen molar-refractivity contribution in [1.29, 1.82) is 0 Å². The van der Waals surface area contributed by atoms with Gasteiger partial charge >= 0.3 is 0 Å². The Morgan fingerprint density at radius 3 is 2.41 bits per heavy atom. The van der Waals surface area contributed by atoms with Crippen molar-refractivity contribution in [2.45, 2.75) is 13.3 Å². The predicted octanol–water partition coefficient (Wildman–Crippen LogP) is 4.21. The van der Waals surface area contributed by atoms with Crippen molar-refractivity contribution in [3.63, 3.8) is 0 Å². The third-order valence-corrected chi connectivity index (χ3v) is 6.52. The molecule has 5 rings (SSSR count). The first-order chi connectivity index (χ1) is 13.9. The van der Waals surface area contributed by atoms with E-state index in [1.807, 2.05) is 13.0 Å². The van der Waals surface area contributed by atoms with Crippen molar-refractivity contribution in [3.8, 4) is 0 Å². The molecule has 0 spiro atoms. The maximum Gasteiger partial charge on any atom is 0.255 e. The fraction of sp³-hybridized carbons (Fsp3) is 0.261. The molecule has 2 aromatic rings. The molecule has 4 atom stereocenters. The highest BCUT2D eigenvalue weighted by Gasteiger charge is 2.59. The molecule has 0 unspecified atom stereocenters. The maximum absolute atomic E-state index is 13.0. The molecule has 3 amide bonds. The van der Waals surface area contributed by atoms with E-state index >= 15 is 0 Å². The van der Waals surface area contributed by atoms with E-state index in [0.29, 0.717) is 22.0 Å². The van der Waals surface area contributed by atoms with Crippen molar-refractivity contribution < 1.29 is 14.4 Å². The van der Waals surface area contributed by atoms with Crippen LogP contribution in [0.25, 0.3) is 0 Å². The van der Waals surface area contributed by atoms with Crippen molar-refractivity contribution in [2.75, 3.05) is 10.2 Å². The number of imide groups is 1. The second-order valence-electron chi connectivity index (χ2n) is 7.98. The highest BCUT2D eigenvalue weighted by atomic mass is 35.5. The molecule has 5 nitrogen and oxygen atoms in total. The lowest BCUT2D eigenvalue weighted by Gasteiger charge is -2.18. The Labute approximate surface area is 173 Å². The summed E-state index contributed by atoms with van der Waals surface area (Å²) < 4.78 is 0. The SMILES string of the molecule is Cc1ccc(Cl)cc1NC(=O)c1cccc(N2C(=O)[C@@H]3[C@H](C2=O)[C@H]2C=C[C@H]3C2)c1. The third-order valence-electron chi connectivity index (χ3n) is 6.28. The summed E-state index contributed by atoms with van der Waals surface area (Å²) in [4.78, 5) is 40.0. The summed E-state index contributed by atoms with van der Waals surface area (Å²) in [6, 6.07) is 11.9. The zero-order valence-corrected chi connectivity index (χ0v) is 16.5. The lowest BCUT2D eigenvalue weighted by Crippen LogP contribution is -2.33. The van der Waals surface area contributed by atoms with E-state index in [1.165, 1.54) is 4.90 Å². The van der Waals surface area contributed by atoms with Crippen LogP contribution in [0.4, 0.5) is 11.4 Å². The van der Waals surface area contributed by atoms with Gasteiger partial charge in [-0.25, -0.2) is 4.90 Å². The van der Waals surface area contributed by atoms with Crippen LogP contribution in [0.2, 0.25) is 5.02 Å². The van der Waals surface area contributed by atoms with Gasteiger partial charge in [0.05, 0.1) is 17.5 Å². The molecule has 1 heterocycles. The van der Waals surface area contributed by atoms with Crippen molar-refractivity contribution >= 4 is 40.7 Å². The van der Waals surface area contributed by atoms with E-state index in [4.69, 9.17) is 11.6 Å². The van der Waals surface area contributed by atoms with E-state index in [9.17, 15) is 14.4 Å². The number of allylic oxidation sites excluding steroid dienone is 2. The fourth-order valence-corrected chi connectivity index (χ4v) is 5.04. The lowest BCUT2D eigenvalue weighted by molar-refractivity contribution is -0.123. The van der Waals surface area contributed by atoms with Crippen LogP contribution in [0.3, 0.4) is 0 Å². The number of nitrogens with one attached hydrogen (secondary N) is 1. The summed E-state index contributed by atoms with van der Waals surface area (Å²) in [5, 5.41) is 3.38. The first kappa shape index (κ1) is 18.1. The number of hydrogen-bond donors (Lipinski definition) is 1. The van der Waals surface area contributed by atoms with E-state index in [2.05, 4.69) is 17.5 Å². The Bertz CT molecular complexity index is 1060. The third kappa shape index (κ3) is 2.80. The summed E-state index contributed by atoms with van der Waals surface area (Å²) in [5.41, 5.74) is 2.34. The van der Waals surface area contributed by atoms with Gasteiger partial charge in [0.25, 0.3) is 5.91 Å². The van der Waals surface area contributed by atoms with Gasteiger partial charge in [0.1, 0.15) is 0 Å². The predicted molar refractivity (Wildman–Crippen MR) is 111 cm³/mol. The van der Waals surface area contributed by atoms with Gasteiger partial charge in [0.2, 0.25) is 11.8 Å². The molecule has 2 aliphatic carbocycles. The molecule has 0 radical (unpaired) electrons. The number of nitrogens with zero attached hydrogens (tertiary/aromatic N) is 1. The molecule has 1 saturated carbocycles. The van der Waals surface area contributed by atoms with Gasteiger partial charge in [-0.15, -0.1) is 0 Å². The molecule has 6 heteroatoms. The van der Waals surface area contributed by atoms with Crippen LogP contribution >= 0.6 is 11.6 Å². The zero-order valence-electron chi connectivity index (χ0n) is 15.8. The van der Waals surface area contributed by atoms with Gasteiger partial charge in [-0.05, 0) is 61.1 Å². The van der Waals surface area contributed by atoms with Crippen LogP contribution in [0.15, 0.2) is 54.6 Å². The van der Waals surface area contributed by atoms with E-state index in [1.54, 1.807) is 36.4 Å². The summed E-state index contributed by atoms with van der Waals surface area (Å²) >= 11 is 6.03. The van der Waals surface area contributed by atoms with E-state index < -0.39 is 0 Å². The Hall–Kier alpha value is -2.92. The molecular formula is C23H19ClN2O3. The van der Waals surface area contributed by atoms with Crippen LogP contribution in [0, 0.1) is 30.6 Å². The number of anilines is 2. The summed E-state index contributed by atoms with van der Waals surface area (Å²) in [7, 11) is 0. The van der Waals surface area contributed by atoms with E-state index in [0.717, 1.165) is 12.0 Å². The van der Waals surface area contributed by atoms with Gasteiger partial charge in [-0.2, -0.15) is 0 Å². The number of carbonyl (C=O) groups is 3. The number of fused-ring (bicyclic) bond motifs is 5. The van der Waals surface area contributed by atoms with Gasteiger partial charge in [0.15, 0.2) is 0 Å². The molecule has 0 aromatic heterocycles. The number of hydrogen-bond acceptors (Lipinski definition) is 3. The Morgan fingerprint density at radius 1 is 1.03 bits per heavy atom. The van der Waals surface area contributed by atoms with Crippen molar-refractivity contribution in [2.24, 2.45) is 23.7 Å². The maximum atomic E-state index is 13.0. The smallest absolute Gasteiger partial charge is 0.255 e. The van der Waals surface area contributed by atoms with Crippen LogP contribution in [0.5, 0.6) is 0 Å².